The summed E-state index contributed by atoms with van der Waals surface area (Å²) in [6.45, 7) is 18.9. The van der Waals surface area contributed by atoms with Gasteiger partial charge in [0.25, 0.3) is 0 Å². The molecule has 0 unspecified atom stereocenters. The van der Waals surface area contributed by atoms with E-state index in [2.05, 4.69) is 91.1 Å². The summed E-state index contributed by atoms with van der Waals surface area (Å²) < 4.78 is 96.6. The first-order valence-electron chi connectivity index (χ1n) is 27.3. The lowest BCUT2D eigenvalue weighted by Crippen LogP contribution is -2.26. The van der Waals surface area contributed by atoms with Gasteiger partial charge in [0.2, 0.25) is 0 Å². The van der Waals surface area contributed by atoms with Gasteiger partial charge in [-0.3, -0.25) is 4.57 Å². The van der Waals surface area contributed by atoms with E-state index in [0.29, 0.717) is 40.2 Å². The summed E-state index contributed by atoms with van der Waals surface area (Å²) in [6, 6.07) is 23.9. The van der Waals surface area contributed by atoms with Crippen molar-refractivity contribution in [3.8, 4) is 51.0 Å². The Morgan fingerprint density at radius 3 is 1.79 bits per heavy atom. The minimum Gasteiger partial charge on any atom is -0.456 e. The Morgan fingerprint density at radius 2 is 1.18 bits per heavy atom. The topological polar surface area (TPSA) is 72.2 Å². The lowest BCUT2D eigenvalue weighted by Gasteiger charge is -2.28. The van der Waals surface area contributed by atoms with Crippen molar-refractivity contribution in [1.29, 1.82) is 0 Å². The maximum absolute atomic E-state index is 9.03. The summed E-state index contributed by atoms with van der Waals surface area (Å²) in [6.07, 6.45) is 5.37. The van der Waals surface area contributed by atoms with Crippen LogP contribution in [-0.4, -0.2) is 31.2 Å². The van der Waals surface area contributed by atoms with Crippen LogP contribution in [0.25, 0.3) is 61.3 Å². The summed E-state index contributed by atoms with van der Waals surface area (Å²) in [5.74, 6) is 3.45. The van der Waals surface area contributed by atoms with Crippen LogP contribution in [0.1, 0.15) is 93.2 Å². The average molecular weight is 890 g/mol. The summed E-state index contributed by atoms with van der Waals surface area (Å²) in [4.78, 5) is 23.9. The molecule has 10 rings (SSSR count). The van der Waals surface area contributed by atoms with Gasteiger partial charge in [0.05, 0.1) is 42.7 Å². The summed E-state index contributed by atoms with van der Waals surface area (Å²) in [7, 11) is 0. The third kappa shape index (κ3) is 8.44. The molecule has 0 aliphatic carbocycles. The zero-order chi connectivity index (χ0) is 55.4. The Labute approximate surface area is 408 Å². The molecule has 0 radical (unpaired) electrons. The molecule has 1 aliphatic rings. The number of pyridine rings is 1. The Hall–Kier alpha value is -7.58. The lowest BCUT2D eigenvalue weighted by molar-refractivity contribution is 0.478. The number of benzene rings is 6. The predicted octanol–water partition coefficient (Wildman–Crippen LogP) is 14.8. The Bertz CT molecular complexity index is 3740. The van der Waals surface area contributed by atoms with E-state index in [0.717, 1.165) is 33.2 Å². The van der Waals surface area contributed by atoms with Crippen LogP contribution < -0.4 is 14.5 Å². The molecule has 0 fully saturated rings. The molecule has 67 heavy (non-hydrogen) atoms. The maximum atomic E-state index is 9.03. The molecule has 0 saturated carbocycles. The van der Waals surface area contributed by atoms with Gasteiger partial charge in [0.15, 0.2) is 5.82 Å². The van der Waals surface area contributed by atoms with Crippen LogP contribution in [0.5, 0.6) is 11.5 Å². The first kappa shape index (κ1) is 33.0. The van der Waals surface area contributed by atoms with Crippen molar-refractivity contribution < 1.29 is 18.4 Å². The molecule has 0 saturated heterocycles. The van der Waals surface area contributed by atoms with Gasteiger partial charge < -0.3 is 14.5 Å². The quantitative estimate of drug-likeness (QED) is 0.150. The third-order valence-corrected chi connectivity index (χ3v) is 11.8. The molecule has 9 aromatic rings. The number of aromatic nitrogens is 5. The molecule has 0 bridgehead atoms. The second kappa shape index (κ2) is 16.7. The van der Waals surface area contributed by atoms with E-state index in [-0.39, 0.29) is 34.6 Å². The fourth-order valence-corrected chi connectivity index (χ4v) is 8.28. The average Bonchev–Trinajstić information content (AvgIpc) is 4.06. The van der Waals surface area contributed by atoms with E-state index in [4.69, 9.17) is 38.4 Å². The number of fused-ring (bicyclic) bond motifs is 3. The molecular formula is C59H57N7O. The number of hydrogen-bond acceptors (Lipinski definition) is 7. The minimum absolute atomic E-state index is 0.0891. The largest absolute Gasteiger partial charge is 0.456 e. The van der Waals surface area contributed by atoms with Gasteiger partial charge in [0, 0.05) is 69.1 Å². The zero-order valence-corrected chi connectivity index (χ0v) is 39.1. The van der Waals surface area contributed by atoms with E-state index in [9.17, 15) is 0 Å². The molecule has 0 amide bonds. The predicted molar refractivity (Wildman–Crippen MR) is 276 cm³/mol. The molecule has 0 atom stereocenters. The summed E-state index contributed by atoms with van der Waals surface area (Å²) >= 11 is 0. The SMILES string of the molecule is [2H]c1c([2H])c([2H])c(-c2cccc(-c3c([2H])c([2H])c([2H])c([2H])c3[2H])c2N2C=CN(c3cc(Oc4cc5c(cc4-c4nc(C(C)(C)C)nc(C(C)(C)C)n4)c4ccccc4n5-c4ccccn4)cc(C(C)(C)C)c3)C2)c([2H])c1[2H]. The number of hydrogen-bond donors (Lipinski definition) is 0. The number of ether oxygens (including phenoxy) is 1. The molecule has 1 aliphatic heterocycles. The van der Waals surface area contributed by atoms with Crippen LogP contribution in [0.4, 0.5) is 11.4 Å². The van der Waals surface area contributed by atoms with Gasteiger partial charge in [0.1, 0.15) is 29.0 Å². The summed E-state index contributed by atoms with van der Waals surface area (Å²) in [5.41, 5.74) is 3.35. The van der Waals surface area contributed by atoms with Crippen molar-refractivity contribution in [1.82, 2.24) is 24.5 Å². The van der Waals surface area contributed by atoms with E-state index in [1.165, 1.54) is 0 Å². The standard InChI is InChI=1S/C59H57N7O/c1-57(2,3)41-33-42(64-31-32-65(38-64)53-44(39-21-12-10-13-22-39)26-20-27-45(53)40-23-14-11-15-24-40)35-43(34-41)67-51-37-50-47(46-25-16-17-28-49(46)66(50)52-29-18-19-30-60-52)36-48(51)54-61-55(58(4,5)6)63-56(62-54)59(7,8)9/h10-37H,38H2,1-9H3/i10D,11D,12D,13D,14D,15D,21D,22D,23D,24D. The maximum Gasteiger partial charge on any atom is 0.167 e. The second-order valence-corrected chi connectivity index (χ2v) is 19.9. The van der Waals surface area contributed by atoms with Gasteiger partial charge in [-0.15, -0.1) is 0 Å². The summed E-state index contributed by atoms with van der Waals surface area (Å²) in [5, 5.41) is 1.95. The highest BCUT2D eigenvalue weighted by Crippen LogP contribution is 2.45. The van der Waals surface area contributed by atoms with Crippen molar-refractivity contribution in [3.63, 3.8) is 0 Å². The smallest absolute Gasteiger partial charge is 0.167 e. The van der Waals surface area contributed by atoms with Crippen molar-refractivity contribution in [2.75, 3.05) is 16.5 Å². The Kier molecular flexibility index (Phi) is 8.22. The first-order valence-corrected chi connectivity index (χ1v) is 22.3. The van der Waals surface area contributed by atoms with Crippen LogP contribution in [0.2, 0.25) is 0 Å². The van der Waals surface area contributed by atoms with Crippen LogP contribution in [0, 0.1) is 0 Å². The fourth-order valence-electron chi connectivity index (χ4n) is 8.28. The van der Waals surface area contributed by atoms with Crippen molar-refractivity contribution in [3.05, 3.63) is 187 Å². The molecule has 8 heteroatoms. The number of nitrogens with zero attached hydrogens (tertiary/aromatic N) is 7. The Balaban J connectivity index is 1.16. The van der Waals surface area contributed by atoms with E-state index in [1.807, 2.05) is 59.6 Å². The molecular weight excluding hydrogens is 823 g/mol. The lowest BCUT2D eigenvalue weighted by atomic mass is 9.86. The Morgan fingerprint density at radius 1 is 0.552 bits per heavy atom. The van der Waals surface area contributed by atoms with Crippen LogP contribution in [0.3, 0.4) is 0 Å². The monoisotopic (exact) mass is 890 g/mol. The highest BCUT2D eigenvalue weighted by atomic mass is 16.5. The van der Waals surface area contributed by atoms with Crippen LogP contribution in [0.15, 0.2) is 170 Å². The minimum atomic E-state index is -0.559. The van der Waals surface area contributed by atoms with Gasteiger partial charge in [-0.1, -0.05) is 165 Å². The number of rotatable bonds is 8. The van der Waals surface area contributed by atoms with Crippen molar-refractivity contribution in [2.24, 2.45) is 0 Å². The van der Waals surface area contributed by atoms with E-state index >= 15 is 0 Å². The fraction of sp³-hybridized carbons (Fsp3) is 0.220. The van der Waals surface area contributed by atoms with Gasteiger partial charge in [-0.25, -0.2) is 19.9 Å². The third-order valence-electron chi connectivity index (χ3n) is 11.8. The normalized spacial score (nSPS) is 15.4. The number of anilines is 2. The molecule has 8 nitrogen and oxygen atoms in total. The van der Waals surface area contributed by atoms with Gasteiger partial charge in [-0.05, 0) is 58.5 Å². The molecule has 334 valence electrons. The van der Waals surface area contributed by atoms with Crippen LogP contribution in [-0.2, 0) is 16.2 Å². The van der Waals surface area contributed by atoms with Crippen molar-refractivity contribution >= 4 is 33.2 Å². The van der Waals surface area contributed by atoms with Crippen LogP contribution >= 0.6 is 0 Å². The van der Waals surface area contributed by atoms with Gasteiger partial charge >= 0.3 is 0 Å². The highest BCUT2D eigenvalue weighted by molar-refractivity contribution is 6.11. The molecule has 6 aromatic carbocycles. The van der Waals surface area contributed by atoms with Crippen molar-refractivity contribution in [2.45, 2.75) is 78.6 Å². The van der Waals surface area contributed by atoms with Gasteiger partial charge in [-0.2, -0.15) is 0 Å². The molecule has 0 N–H and O–H groups in total. The molecule has 0 spiro atoms. The zero-order valence-electron chi connectivity index (χ0n) is 49.1. The first-order chi connectivity index (χ1) is 36.2. The highest BCUT2D eigenvalue weighted by Gasteiger charge is 2.29. The number of para-hydroxylation sites is 2. The second-order valence-electron chi connectivity index (χ2n) is 19.9. The van der Waals surface area contributed by atoms with E-state index in [1.54, 1.807) is 35.5 Å². The van der Waals surface area contributed by atoms with E-state index < -0.39 is 76.7 Å². The molecule has 4 heterocycles. The molecule has 3 aromatic heterocycles.